The first-order valence-electron chi connectivity index (χ1n) is 9.15. The zero-order valence-electron chi connectivity index (χ0n) is 16.0. The number of aromatic nitrogens is 2. The lowest BCUT2D eigenvalue weighted by atomic mass is 10.1. The molecule has 1 heterocycles. The monoisotopic (exact) mass is 366 g/mol. The third-order valence-corrected chi connectivity index (χ3v) is 4.59. The van der Waals surface area contributed by atoms with Gasteiger partial charge in [0.15, 0.2) is 0 Å². The van der Waals surface area contributed by atoms with Gasteiger partial charge in [0, 0.05) is 5.56 Å². The fraction of sp³-hybridized carbons (Fsp3) is 0.318. The van der Waals surface area contributed by atoms with Crippen LogP contribution in [0.1, 0.15) is 37.1 Å². The van der Waals surface area contributed by atoms with E-state index in [1.807, 2.05) is 66.2 Å². The van der Waals surface area contributed by atoms with E-state index in [2.05, 4.69) is 5.10 Å². The molecule has 2 atom stereocenters. The number of aliphatic hydroxyl groups is 2. The highest BCUT2D eigenvalue weighted by Crippen LogP contribution is 2.29. The lowest BCUT2D eigenvalue weighted by Gasteiger charge is -2.09. The minimum absolute atomic E-state index is 0.445. The molecule has 3 aromatic rings. The first-order valence-corrected chi connectivity index (χ1v) is 9.15. The summed E-state index contributed by atoms with van der Waals surface area (Å²) in [4.78, 5) is 0. The number of nitrogens with zero attached hydrogens (tertiary/aromatic N) is 2. The number of aliphatic hydroxyl groups excluding tert-OH is 2. The fourth-order valence-corrected chi connectivity index (χ4v) is 2.96. The van der Waals surface area contributed by atoms with Gasteiger partial charge in [-0.2, -0.15) is 5.10 Å². The van der Waals surface area contributed by atoms with E-state index in [0.717, 1.165) is 22.7 Å². The van der Waals surface area contributed by atoms with Gasteiger partial charge in [-0.15, -0.1) is 0 Å². The molecule has 2 unspecified atom stereocenters. The lowest BCUT2D eigenvalue weighted by Crippen LogP contribution is -2.06. The molecule has 0 aliphatic carbocycles. The van der Waals surface area contributed by atoms with Gasteiger partial charge < -0.3 is 14.9 Å². The van der Waals surface area contributed by atoms with Crippen LogP contribution in [0.3, 0.4) is 0 Å². The highest BCUT2D eigenvalue weighted by atomic mass is 16.5. The van der Waals surface area contributed by atoms with Gasteiger partial charge >= 0.3 is 0 Å². The second kappa shape index (κ2) is 8.37. The first kappa shape index (κ1) is 19.1. The summed E-state index contributed by atoms with van der Waals surface area (Å²) in [6, 6.07) is 17.8. The molecule has 0 saturated carbocycles. The average Bonchev–Trinajstić information content (AvgIpc) is 3.12. The predicted octanol–water partition coefficient (Wildman–Crippen LogP) is 4.05. The summed E-state index contributed by atoms with van der Waals surface area (Å²) in [7, 11) is 1.64. The predicted molar refractivity (Wildman–Crippen MR) is 106 cm³/mol. The smallest absolute Gasteiger partial charge is 0.118 e. The van der Waals surface area contributed by atoms with Gasteiger partial charge in [0.05, 0.1) is 36.4 Å². The van der Waals surface area contributed by atoms with Gasteiger partial charge in [-0.1, -0.05) is 17.7 Å². The number of methoxy groups -OCH3 is 1. The third kappa shape index (κ3) is 4.56. The Kier molecular flexibility index (Phi) is 5.94. The Hall–Kier alpha value is -2.63. The van der Waals surface area contributed by atoms with Crippen LogP contribution in [0.4, 0.5) is 0 Å². The molecule has 1 aromatic heterocycles. The van der Waals surface area contributed by atoms with Crippen molar-refractivity contribution in [1.82, 2.24) is 9.78 Å². The van der Waals surface area contributed by atoms with Crippen LogP contribution in [0, 0.1) is 6.92 Å². The van der Waals surface area contributed by atoms with E-state index in [-0.39, 0.29) is 0 Å². The maximum Gasteiger partial charge on any atom is 0.118 e. The molecule has 0 amide bonds. The highest BCUT2D eigenvalue weighted by Gasteiger charge is 2.18. The van der Waals surface area contributed by atoms with Crippen molar-refractivity contribution in [3.63, 3.8) is 0 Å². The van der Waals surface area contributed by atoms with Crippen molar-refractivity contribution in [3.05, 3.63) is 65.9 Å². The van der Waals surface area contributed by atoms with Crippen LogP contribution in [0.15, 0.2) is 54.6 Å². The molecule has 0 radical (unpaired) electrons. The number of hydrogen-bond acceptors (Lipinski definition) is 4. The van der Waals surface area contributed by atoms with E-state index in [1.165, 1.54) is 5.56 Å². The summed E-state index contributed by atoms with van der Waals surface area (Å²) in [5, 5.41) is 24.7. The Morgan fingerprint density at radius 2 is 1.67 bits per heavy atom. The molecule has 2 aromatic carbocycles. The zero-order chi connectivity index (χ0) is 19.4. The number of benzene rings is 2. The molecular formula is C22H26N2O3. The number of hydrogen-bond donors (Lipinski definition) is 2. The summed E-state index contributed by atoms with van der Waals surface area (Å²) in [5.74, 6) is 0.789. The Bertz CT molecular complexity index is 868. The van der Waals surface area contributed by atoms with Gasteiger partial charge in [0.25, 0.3) is 0 Å². The van der Waals surface area contributed by atoms with Crippen molar-refractivity contribution >= 4 is 0 Å². The van der Waals surface area contributed by atoms with E-state index in [4.69, 9.17) is 4.74 Å². The van der Waals surface area contributed by atoms with E-state index < -0.39 is 12.2 Å². The van der Waals surface area contributed by atoms with Crippen molar-refractivity contribution in [3.8, 4) is 22.7 Å². The Morgan fingerprint density at radius 1 is 1.00 bits per heavy atom. The van der Waals surface area contributed by atoms with Gasteiger partial charge in [0.2, 0.25) is 0 Å². The molecular weight excluding hydrogens is 340 g/mol. The van der Waals surface area contributed by atoms with Gasteiger partial charge in [-0.05, 0) is 69.2 Å². The minimum atomic E-state index is -0.719. The molecule has 5 heteroatoms. The van der Waals surface area contributed by atoms with E-state index in [0.29, 0.717) is 18.5 Å². The van der Waals surface area contributed by atoms with Gasteiger partial charge in [0.1, 0.15) is 5.75 Å². The number of rotatable bonds is 7. The Balaban J connectivity index is 2.01. The summed E-state index contributed by atoms with van der Waals surface area (Å²) in [5.41, 5.74) is 4.59. The molecule has 0 aliphatic heterocycles. The maximum atomic E-state index is 10.5. The van der Waals surface area contributed by atoms with Crippen LogP contribution in [-0.4, -0.2) is 33.2 Å². The summed E-state index contributed by atoms with van der Waals surface area (Å²) in [6.07, 6.45) is -0.177. The molecule has 0 aliphatic rings. The van der Waals surface area contributed by atoms with Crippen molar-refractivity contribution in [2.75, 3.05) is 7.11 Å². The maximum absolute atomic E-state index is 10.5. The molecule has 0 saturated heterocycles. The standard InChI is InChI=1S/C22H26N2O3/c1-15-4-9-18(10-5-15)24-21(17-7-11-19(27-3)12-8-17)14-20(23-24)22(26)13-6-16(2)25/h4-5,7-12,14,16,22,25-26H,6,13H2,1-3H3. The highest BCUT2D eigenvalue weighted by molar-refractivity contribution is 5.63. The van der Waals surface area contributed by atoms with Crippen molar-refractivity contribution in [1.29, 1.82) is 0 Å². The molecule has 5 nitrogen and oxygen atoms in total. The SMILES string of the molecule is COc1ccc(-c2cc(C(O)CCC(C)O)nn2-c2ccc(C)cc2)cc1. The minimum Gasteiger partial charge on any atom is -0.497 e. The van der Waals surface area contributed by atoms with Crippen molar-refractivity contribution in [2.45, 2.75) is 38.9 Å². The fourth-order valence-electron chi connectivity index (χ4n) is 2.96. The second-order valence-electron chi connectivity index (χ2n) is 6.87. The third-order valence-electron chi connectivity index (χ3n) is 4.59. The van der Waals surface area contributed by atoms with Crippen LogP contribution >= 0.6 is 0 Å². The van der Waals surface area contributed by atoms with Crippen LogP contribution in [-0.2, 0) is 0 Å². The molecule has 0 spiro atoms. The topological polar surface area (TPSA) is 67.5 Å². The average molecular weight is 366 g/mol. The van der Waals surface area contributed by atoms with Crippen molar-refractivity contribution < 1.29 is 14.9 Å². The van der Waals surface area contributed by atoms with Gasteiger partial charge in [-0.25, -0.2) is 4.68 Å². The Labute approximate surface area is 159 Å². The van der Waals surface area contributed by atoms with Crippen LogP contribution < -0.4 is 4.74 Å². The van der Waals surface area contributed by atoms with E-state index in [1.54, 1.807) is 14.0 Å². The lowest BCUT2D eigenvalue weighted by molar-refractivity contribution is 0.120. The van der Waals surface area contributed by atoms with Crippen molar-refractivity contribution in [2.24, 2.45) is 0 Å². The van der Waals surface area contributed by atoms with Crippen LogP contribution in [0.5, 0.6) is 5.75 Å². The molecule has 2 N–H and O–H groups in total. The second-order valence-corrected chi connectivity index (χ2v) is 6.87. The number of ether oxygens (including phenoxy) is 1. The normalized spacial score (nSPS) is 13.4. The summed E-state index contributed by atoms with van der Waals surface area (Å²) >= 11 is 0. The van der Waals surface area contributed by atoms with E-state index in [9.17, 15) is 10.2 Å². The first-order chi connectivity index (χ1) is 13.0. The quantitative estimate of drug-likeness (QED) is 0.662. The molecule has 3 rings (SSSR count). The van der Waals surface area contributed by atoms with Gasteiger partial charge in [-0.3, -0.25) is 0 Å². The molecule has 0 bridgehead atoms. The van der Waals surface area contributed by atoms with Crippen LogP contribution in [0.25, 0.3) is 16.9 Å². The van der Waals surface area contributed by atoms with Crippen LogP contribution in [0.2, 0.25) is 0 Å². The van der Waals surface area contributed by atoms with E-state index >= 15 is 0 Å². The number of aryl methyl sites for hydroxylation is 1. The summed E-state index contributed by atoms with van der Waals surface area (Å²) < 4.78 is 7.09. The molecule has 142 valence electrons. The zero-order valence-corrected chi connectivity index (χ0v) is 16.0. The Morgan fingerprint density at radius 3 is 2.26 bits per heavy atom. The summed E-state index contributed by atoms with van der Waals surface area (Å²) in [6.45, 7) is 3.77. The molecule has 27 heavy (non-hydrogen) atoms. The largest absolute Gasteiger partial charge is 0.497 e. The molecule has 0 fully saturated rings.